The molecule has 1 amide bonds. The maximum absolute atomic E-state index is 11.9. The Morgan fingerprint density at radius 2 is 2.18 bits per heavy atom. The van der Waals surface area contributed by atoms with Crippen molar-refractivity contribution in [3.8, 4) is 0 Å². The zero-order valence-electron chi connectivity index (χ0n) is 13.5. The van der Waals surface area contributed by atoms with Gasteiger partial charge in [0.1, 0.15) is 0 Å². The molecule has 1 fully saturated rings. The maximum atomic E-state index is 11.9. The lowest BCUT2D eigenvalue weighted by Gasteiger charge is -2.22. The van der Waals surface area contributed by atoms with Crippen LogP contribution < -0.4 is 10.6 Å². The van der Waals surface area contributed by atoms with Gasteiger partial charge in [0.15, 0.2) is 0 Å². The Morgan fingerprint density at radius 1 is 1.45 bits per heavy atom. The van der Waals surface area contributed by atoms with Crippen LogP contribution in [-0.4, -0.2) is 30.5 Å². The van der Waals surface area contributed by atoms with Crippen LogP contribution in [0.3, 0.4) is 0 Å². The standard InChI is InChI=1S/C15H25N3OS.2ClH/c1-15(2,3)14-18-12(10-20-14)7-13(19)17-9-11-5-4-6-16-8-11;;/h10-11,16H,4-9H2,1-3H3,(H,17,19);2*1H. The zero-order chi connectivity index (χ0) is 14.6. The molecule has 128 valence electrons. The third-order valence-corrected chi connectivity index (χ3v) is 4.84. The second-order valence-corrected chi connectivity index (χ2v) is 7.45. The van der Waals surface area contributed by atoms with Crippen LogP contribution >= 0.6 is 36.2 Å². The van der Waals surface area contributed by atoms with E-state index in [9.17, 15) is 4.79 Å². The van der Waals surface area contributed by atoms with Crippen molar-refractivity contribution in [1.29, 1.82) is 0 Å². The first-order valence-electron chi connectivity index (χ1n) is 7.37. The monoisotopic (exact) mass is 367 g/mol. The van der Waals surface area contributed by atoms with E-state index in [1.165, 1.54) is 12.8 Å². The number of carbonyl (C=O) groups is 1. The number of hydrogen-bond acceptors (Lipinski definition) is 4. The van der Waals surface area contributed by atoms with Gasteiger partial charge in [-0.15, -0.1) is 36.2 Å². The third-order valence-electron chi connectivity index (χ3n) is 3.52. The minimum atomic E-state index is 0. The van der Waals surface area contributed by atoms with E-state index in [-0.39, 0.29) is 36.1 Å². The summed E-state index contributed by atoms with van der Waals surface area (Å²) in [5.74, 6) is 0.662. The Balaban J connectivity index is 0.00000220. The van der Waals surface area contributed by atoms with Gasteiger partial charge in [0.2, 0.25) is 5.91 Å². The lowest BCUT2D eigenvalue weighted by atomic mass is 9.98. The fourth-order valence-corrected chi connectivity index (χ4v) is 3.22. The number of nitrogens with zero attached hydrogens (tertiary/aromatic N) is 1. The molecule has 7 heteroatoms. The van der Waals surface area contributed by atoms with Crippen LogP contribution in [0.15, 0.2) is 5.38 Å². The Labute approximate surface area is 149 Å². The van der Waals surface area contributed by atoms with Crippen LogP contribution in [0, 0.1) is 5.92 Å². The Morgan fingerprint density at radius 3 is 2.73 bits per heavy atom. The largest absolute Gasteiger partial charge is 0.355 e. The highest BCUT2D eigenvalue weighted by Crippen LogP contribution is 2.25. The summed E-state index contributed by atoms with van der Waals surface area (Å²) in [6.07, 6.45) is 2.81. The molecule has 0 spiro atoms. The SMILES string of the molecule is CC(C)(C)c1nc(CC(=O)NCC2CCCNC2)cs1.Cl.Cl. The van der Waals surface area contributed by atoms with Crippen LogP contribution in [0.2, 0.25) is 0 Å². The van der Waals surface area contributed by atoms with E-state index in [1.54, 1.807) is 11.3 Å². The topological polar surface area (TPSA) is 54.0 Å². The number of aromatic nitrogens is 1. The molecule has 22 heavy (non-hydrogen) atoms. The molecule has 1 unspecified atom stereocenters. The summed E-state index contributed by atoms with van der Waals surface area (Å²) in [6, 6.07) is 0. The van der Waals surface area contributed by atoms with Gasteiger partial charge in [-0.3, -0.25) is 4.79 Å². The Kier molecular flexibility index (Phi) is 9.55. The van der Waals surface area contributed by atoms with Gasteiger partial charge in [-0.1, -0.05) is 20.8 Å². The van der Waals surface area contributed by atoms with Crippen molar-refractivity contribution in [1.82, 2.24) is 15.6 Å². The molecular weight excluding hydrogens is 341 g/mol. The van der Waals surface area contributed by atoms with E-state index in [4.69, 9.17) is 0 Å². The van der Waals surface area contributed by atoms with Crippen molar-refractivity contribution in [2.24, 2.45) is 5.92 Å². The third kappa shape index (κ3) is 6.82. The maximum Gasteiger partial charge on any atom is 0.226 e. The number of amides is 1. The van der Waals surface area contributed by atoms with Crippen molar-refractivity contribution >= 4 is 42.1 Å². The van der Waals surface area contributed by atoms with Crippen LogP contribution in [0.25, 0.3) is 0 Å². The summed E-state index contributed by atoms with van der Waals surface area (Å²) >= 11 is 1.64. The molecule has 0 aromatic carbocycles. The van der Waals surface area contributed by atoms with Crippen molar-refractivity contribution in [2.45, 2.75) is 45.4 Å². The molecule has 1 saturated heterocycles. The molecule has 2 heterocycles. The van der Waals surface area contributed by atoms with Gasteiger partial charge >= 0.3 is 0 Å². The molecular formula is C15H27Cl2N3OS. The average molecular weight is 368 g/mol. The number of rotatable bonds is 4. The van der Waals surface area contributed by atoms with Gasteiger partial charge in [0, 0.05) is 17.3 Å². The molecule has 1 atom stereocenters. The summed E-state index contributed by atoms with van der Waals surface area (Å²) in [5, 5.41) is 9.50. The number of nitrogens with one attached hydrogen (secondary N) is 2. The highest BCUT2D eigenvalue weighted by atomic mass is 35.5. The summed E-state index contributed by atoms with van der Waals surface area (Å²) in [5.41, 5.74) is 0.951. The molecule has 2 N–H and O–H groups in total. The molecule has 1 aromatic rings. The minimum Gasteiger partial charge on any atom is -0.355 e. The summed E-state index contributed by atoms with van der Waals surface area (Å²) < 4.78 is 0. The molecule has 1 aliphatic rings. The summed E-state index contributed by atoms with van der Waals surface area (Å²) in [4.78, 5) is 16.5. The van der Waals surface area contributed by atoms with Gasteiger partial charge < -0.3 is 10.6 Å². The van der Waals surface area contributed by atoms with Crippen molar-refractivity contribution in [3.05, 3.63) is 16.1 Å². The van der Waals surface area contributed by atoms with Gasteiger partial charge in [-0.25, -0.2) is 4.98 Å². The second-order valence-electron chi connectivity index (χ2n) is 6.59. The van der Waals surface area contributed by atoms with Crippen molar-refractivity contribution in [2.75, 3.05) is 19.6 Å². The normalized spacial score (nSPS) is 18.0. The molecule has 4 nitrogen and oxygen atoms in total. The lowest BCUT2D eigenvalue weighted by Crippen LogP contribution is -2.38. The number of thiazole rings is 1. The second kappa shape index (κ2) is 9.71. The first kappa shape index (κ1) is 21.6. The molecule has 0 saturated carbocycles. The first-order valence-corrected chi connectivity index (χ1v) is 8.25. The van der Waals surface area contributed by atoms with Crippen LogP contribution in [0.1, 0.15) is 44.3 Å². The van der Waals surface area contributed by atoms with E-state index < -0.39 is 0 Å². The fraction of sp³-hybridized carbons (Fsp3) is 0.733. The highest BCUT2D eigenvalue weighted by Gasteiger charge is 2.19. The van der Waals surface area contributed by atoms with E-state index >= 15 is 0 Å². The van der Waals surface area contributed by atoms with Crippen LogP contribution in [0.5, 0.6) is 0 Å². The average Bonchev–Trinajstić information content (AvgIpc) is 2.86. The summed E-state index contributed by atoms with van der Waals surface area (Å²) in [7, 11) is 0. The van der Waals surface area contributed by atoms with Crippen LogP contribution in [0.4, 0.5) is 0 Å². The molecule has 2 rings (SSSR count). The minimum absolute atomic E-state index is 0. The van der Waals surface area contributed by atoms with Crippen molar-refractivity contribution in [3.63, 3.8) is 0 Å². The van der Waals surface area contributed by atoms with Crippen molar-refractivity contribution < 1.29 is 4.79 Å². The van der Waals surface area contributed by atoms with E-state index in [0.29, 0.717) is 12.3 Å². The predicted molar refractivity (Wildman–Crippen MR) is 97.6 cm³/mol. The number of halogens is 2. The van der Waals surface area contributed by atoms with Gasteiger partial charge in [-0.05, 0) is 31.8 Å². The van der Waals surface area contributed by atoms with Gasteiger partial charge in [0.25, 0.3) is 0 Å². The molecule has 1 aromatic heterocycles. The number of piperidine rings is 1. The predicted octanol–water partition coefficient (Wildman–Crippen LogP) is 2.94. The van der Waals surface area contributed by atoms with E-state index in [1.807, 2.05) is 5.38 Å². The van der Waals surface area contributed by atoms with Gasteiger partial charge in [-0.2, -0.15) is 0 Å². The first-order chi connectivity index (χ1) is 9.45. The van der Waals surface area contributed by atoms with E-state index in [0.717, 1.165) is 30.3 Å². The Hall–Kier alpha value is -0.360. The highest BCUT2D eigenvalue weighted by molar-refractivity contribution is 7.09. The fourth-order valence-electron chi connectivity index (χ4n) is 2.32. The smallest absolute Gasteiger partial charge is 0.226 e. The van der Waals surface area contributed by atoms with Gasteiger partial charge in [0.05, 0.1) is 17.1 Å². The summed E-state index contributed by atoms with van der Waals surface area (Å²) in [6.45, 7) is 9.34. The number of carbonyl (C=O) groups excluding carboxylic acids is 1. The Bertz CT molecular complexity index is 454. The molecule has 0 aliphatic carbocycles. The molecule has 0 bridgehead atoms. The zero-order valence-corrected chi connectivity index (χ0v) is 15.9. The van der Waals surface area contributed by atoms with Crippen LogP contribution in [-0.2, 0) is 16.6 Å². The van der Waals surface area contributed by atoms with E-state index in [2.05, 4.69) is 36.4 Å². The number of hydrogen-bond donors (Lipinski definition) is 2. The quantitative estimate of drug-likeness (QED) is 0.859. The molecule has 0 radical (unpaired) electrons. The lowest BCUT2D eigenvalue weighted by molar-refractivity contribution is -0.120. The molecule has 1 aliphatic heterocycles.